The largest absolute Gasteiger partial charge is 0.364 e. The molecule has 1 aliphatic rings. The first-order chi connectivity index (χ1) is 11.1. The second kappa shape index (κ2) is 6.60. The van der Waals surface area contributed by atoms with Gasteiger partial charge in [-0.15, -0.1) is 0 Å². The van der Waals surface area contributed by atoms with E-state index in [1.165, 1.54) is 17.2 Å². The molecule has 0 saturated carbocycles. The summed E-state index contributed by atoms with van der Waals surface area (Å²) in [5.41, 5.74) is 0.740. The molecular formula is C16H16FN3O3. The lowest BCUT2D eigenvalue weighted by molar-refractivity contribution is -0.128. The summed E-state index contributed by atoms with van der Waals surface area (Å²) >= 11 is 0. The summed E-state index contributed by atoms with van der Waals surface area (Å²) in [4.78, 5) is 25.9. The first-order valence-corrected chi connectivity index (χ1v) is 7.39. The van der Waals surface area contributed by atoms with Gasteiger partial charge in [-0.25, -0.2) is 4.39 Å². The van der Waals surface area contributed by atoms with Gasteiger partial charge in [-0.1, -0.05) is 17.3 Å². The molecule has 1 saturated heterocycles. The average molecular weight is 317 g/mol. The highest BCUT2D eigenvalue weighted by Gasteiger charge is 2.31. The van der Waals surface area contributed by atoms with E-state index in [9.17, 15) is 14.0 Å². The van der Waals surface area contributed by atoms with Gasteiger partial charge in [-0.3, -0.25) is 9.59 Å². The van der Waals surface area contributed by atoms with Gasteiger partial charge in [0.25, 0.3) is 0 Å². The van der Waals surface area contributed by atoms with Gasteiger partial charge in [0.1, 0.15) is 18.1 Å². The van der Waals surface area contributed by atoms with Crippen LogP contribution in [0.4, 0.5) is 10.1 Å². The monoisotopic (exact) mass is 317 g/mol. The van der Waals surface area contributed by atoms with Crippen LogP contribution in [0.2, 0.25) is 0 Å². The molecule has 23 heavy (non-hydrogen) atoms. The molecule has 0 aliphatic carbocycles. The zero-order valence-electron chi connectivity index (χ0n) is 12.4. The van der Waals surface area contributed by atoms with Crippen LogP contribution in [-0.2, 0) is 16.0 Å². The molecule has 2 aromatic rings. The highest BCUT2D eigenvalue weighted by Crippen LogP contribution is 2.23. The molecule has 1 N–H and O–H groups in total. The highest BCUT2D eigenvalue weighted by molar-refractivity contribution is 6.00. The second-order valence-electron chi connectivity index (χ2n) is 5.37. The molecule has 0 bridgehead atoms. The average Bonchev–Trinajstić information content (AvgIpc) is 3.03. The molecule has 2 amide bonds. The third kappa shape index (κ3) is 3.39. The van der Waals surface area contributed by atoms with E-state index in [1.807, 2.05) is 0 Å². The van der Waals surface area contributed by atoms with Crippen LogP contribution in [0.3, 0.4) is 0 Å². The zero-order chi connectivity index (χ0) is 16.2. The summed E-state index contributed by atoms with van der Waals surface area (Å²) in [6.07, 6.45) is 2.65. The van der Waals surface area contributed by atoms with E-state index < -0.39 is 11.9 Å². The van der Waals surface area contributed by atoms with Crippen LogP contribution in [0, 0.1) is 5.82 Å². The molecule has 1 aromatic carbocycles. The van der Waals surface area contributed by atoms with Crippen LogP contribution >= 0.6 is 0 Å². The van der Waals surface area contributed by atoms with E-state index in [4.69, 9.17) is 0 Å². The van der Waals surface area contributed by atoms with Crippen molar-refractivity contribution in [1.82, 2.24) is 10.5 Å². The summed E-state index contributed by atoms with van der Waals surface area (Å²) in [6, 6.07) is 7.07. The lowest BCUT2D eigenvalue weighted by atomic mass is 10.0. The third-order valence-electron chi connectivity index (χ3n) is 3.75. The number of nitrogens with one attached hydrogen (secondary N) is 1. The number of carbonyl (C=O) groups is 2. The fourth-order valence-electron chi connectivity index (χ4n) is 2.66. The maximum absolute atomic E-state index is 13.9. The fourth-order valence-corrected chi connectivity index (χ4v) is 2.66. The molecule has 1 aromatic heterocycles. The first kappa shape index (κ1) is 15.2. The molecule has 2 heterocycles. The Labute approximate surface area is 132 Å². The maximum atomic E-state index is 13.9. The number of aromatic nitrogens is 1. The third-order valence-corrected chi connectivity index (χ3v) is 3.75. The van der Waals surface area contributed by atoms with Crippen molar-refractivity contribution in [3.05, 3.63) is 48.1 Å². The Morgan fingerprint density at radius 3 is 2.96 bits per heavy atom. The highest BCUT2D eigenvalue weighted by atomic mass is 19.1. The van der Waals surface area contributed by atoms with Crippen LogP contribution in [0.5, 0.6) is 0 Å². The van der Waals surface area contributed by atoms with Crippen LogP contribution in [0.1, 0.15) is 18.5 Å². The first-order valence-electron chi connectivity index (χ1n) is 7.39. The summed E-state index contributed by atoms with van der Waals surface area (Å²) in [5, 5.41) is 6.35. The fraction of sp³-hybridized carbons (Fsp3) is 0.312. The number of rotatable bonds is 4. The van der Waals surface area contributed by atoms with Crippen molar-refractivity contribution in [2.24, 2.45) is 0 Å². The topological polar surface area (TPSA) is 75.4 Å². The summed E-state index contributed by atoms with van der Waals surface area (Å²) < 4.78 is 18.6. The van der Waals surface area contributed by atoms with E-state index in [0.717, 1.165) is 0 Å². The van der Waals surface area contributed by atoms with Gasteiger partial charge in [-0.05, 0) is 25.0 Å². The number of para-hydroxylation sites is 1. The van der Waals surface area contributed by atoms with Crippen molar-refractivity contribution in [1.29, 1.82) is 0 Å². The van der Waals surface area contributed by atoms with E-state index in [1.54, 1.807) is 24.3 Å². The van der Waals surface area contributed by atoms with Gasteiger partial charge in [0.2, 0.25) is 11.8 Å². The van der Waals surface area contributed by atoms with Crippen molar-refractivity contribution >= 4 is 17.5 Å². The molecule has 120 valence electrons. The summed E-state index contributed by atoms with van der Waals surface area (Å²) in [6.45, 7) is 0.440. The van der Waals surface area contributed by atoms with Crippen LogP contribution < -0.4 is 10.2 Å². The minimum atomic E-state index is -0.650. The van der Waals surface area contributed by atoms with Gasteiger partial charge < -0.3 is 14.7 Å². The summed E-state index contributed by atoms with van der Waals surface area (Å²) in [7, 11) is 0. The number of halogens is 1. The van der Waals surface area contributed by atoms with Crippen molar-refractivity contribution in [3.63, 3.8) is 0 Å². The predicted molar refractivity (Wildman–Crippen MR) is 80.1 cm³/mol. The van der Waals surface area contributed by atoms with Gasteiger partial charge in [0.05, 0.1) is 17.8 Å². The lowest BCUT2D eigenvalue weighted by Crippen LogP contribution is -2.53. The van der Waals surface area contributed by atoms with Gasteiger partial charge in [0, 0.05) is 12.6 Å². The number of anilines is 1. The molecule has 3 rings (SSSR count). The Bertz CT molecular complexity index is 702. The van der Waals surface area contributed by atoms with Crippen LogP contribution in [0.25, 0.3) is 0 Å². The van der Waals surface area contributed by atoms with Crippen molar-refractivity contribution in [2.45, 2.75) is 25.3 Å². The Morgan fingerprint density at radius 2 is 2.22 bits per heavy atom. The molecular weight excluding hydrogens is 301 g/mol. The molecule has 0 radical (unpaired) electrons. The Kier molecular flexibility index (Phi) is 4.36. The number of piperidine rings is 1. The number of benzene rings is 1. The van der Waals surface area contributed by atoms with Crippen LogP contribution in [-0.4, -0.2) is 29.6 Å². The Morgan fingerprint density at radius 1 is 1.39 bits per heavy atom. The Balaban J connectivity index is 1.68. The molecule has 0 unspecified atom stereocenters. The standard InChI is InChI=1S/C16H16FN3O3/c17-12-4-1-2-6-14(12)20-8-3-5-13(16(20)22)18-15(21)10-11-7-9-23-19-11/h1-2,4,6-7,9,13H,3,5,8,10H2,(H,18,21)/t13-/m0/s1. The normalized spacial score (nSPS) is 18.0. The van der Waals surface area contributed by atoms with Gasteiger partial charge >= 0.3 is 0 Å². The summed E-state index contributed by atoms with van der Waals surface area (Å²) in [5.74, 6) is -1.06. The molecule has 1 fully saturated rings. The van der Waals surface area contributed by atoms with Crippen molar-refractivity contribution in [3.8, 4) is 0 Å². The number of hydrogen-bond acceptors (Lipinski definition) is 4. The number of nitrogens with zero attached hydrogens (tertiary/aromatic N) is 2. The molecule has 7 heteroatoms. The number of carbonyl (C=O) groups excluding carboxylic acids is 2. The van der Waals surface area contributed by atoms with Crippen LogP contribution in [0.15, 0.2) is 41.1 Å². The van der Waals surface area contributed by atoms with E-state index in [-0.39, 0.29) is 23.9 Å². The minimum absolute atomic E-state index is 0.0416. The number of amides is 2. The zero-order valence-corrected chi connectivity index (χ0v) is 12.4. The van der Waals surface area contributed by atoms with Crippen molar-refractivity contribution < 1.29 is 18.5 Å². The SMILES string of the molecule is O=C(Cc1ccon1)N[C@H]1CCCN(c2ccccc2F)C1=O. The van der Waals surface area contributed by atoms with Gasteiger partial charge in [-0.2, -0.15) is 0 Å². The molecule has 1 atom stereocenters. The van der Waals surface area contributed by atoms with E-state index in [2.05, 4.69) is 15.0 Å². The number of hydrogen-bond donors (Lipinski definition) is 1. The maximum Gasteiger partial charge on any atom is 0.249 e. The molecule has 6 nitrogen and oxygen atoms in total. The lowest BCUT2D eigenvalue weighted by Gasteiger charge is -2.32. The van der Waals surface area contributed by atoms with Crippen molar-refractivity contribution in [2.75, 3.05) is 11.4 Å². The quantitative estimate of drug-likeness (QED) is 0.931. The second-order valence-corrected chi connectivity index (χ2v) is 5.37. The van der Waals surface area contributed by atoms with Gasteiger partial charge in [0.15, 0.2) is 0 Å². The molecule has 1 aliphatic heterocycles. The Hall–Kier alpha value is -2.70. The molecule has 0 spiro atoms. The minimum Gasteiger partial charge on any atom is -0.364 e. The predicted octanol–water partition coefficient (Wildman–Crippen LogP) is 1.67. The van der Waals surface area contributed by atoms with E-state index >= 15 is 0 Å². The van der Waals surface area contributed by atoms with E-state index in [0.29, 0.717) is 25.1 Å². The smallest absolute Gasteiger partial charge is 0.249 e.